The third-order valence-electron chi connectivity index (χ3n) is 11.5. The number of amides is 4. The summed E-state index contributed by atoms with van der Waals surface area (Å²) in [5.74, 6) is -2.04. The number of aryl methyl sites for hydroxylation is 2. The van der Waals surface area contributed by atoms with Crippen molar-refractivity contribution >= 4 is 55.9 Å². The summed E-state index contributed by atoms with van der Waals surface area (Å²) < 4.78 is 40.2. The van der Waals surface area contributed by atoms with E-state index in [1.165, 1.54) is 16.2 Å². The first-order valence-electron chi connectivity index (χ1n) is 19.7. The zero-order chi connectivity index (χ0) is 40.9. The fourth-order valence-electron chi connectivity index (χ4n) is 7.68. The lowest BCUT2D eigenvalue weighted by molar-refractivity contribution is -0.141. The lowest BCUT2D eigenvalue weighted by Crippen LogP contribution is -2.58. The van der Waals surface area contributed by atoms with Gasteiger partial charge in [0.2, 0.25) is 27.7 Å². The molecule has 4 amide bonds. The third-order valence-corrected chi connectivity index (χ3v) is 14.7. The molecule has 3 aromatic rings. The molecule has 5 unspecified atom stereocenters. The number of phenols is 1. The number of nitrogens with zero attached hydrogens (tertiary/aromatic N) is 2. The number of carbonyl (C=O) groups is 4. The van der Waals surface area contributed by atoms with E-state index in [0.29, 0.717) is 59.2 Å². The van der Waals surface area contributed by atoms with Crippen molar-refractivity contribution in [3.63, 3.8) is 0 Å². The summed E-state index contributed by atoms with van der Waals surface area (Å²) >= 11 is 1.32. The molecule has 2 aliphatic heterocycles. The highest BCUT2D eigenvalue weighted by Crippen LogP contribution is 2.47. The molecule has 0 radical (unpaired) electrons. The van der Waals surface area contributed by atoms with Gasteiger partial charge in [-0.1, -0.05) is 25.0 Å². The van der Waals surface area contributed by atoms with Crippen molar-refractivity contribution in [3.05, 3.63) is 57.8 Å². The summed E-state index contributed by atoms with van der Waals surface area (Å²) in [6, 6.07) is 6.34. The molecule has 0 bridgehead atoms. The maximum atomic E-state index is 14.7. The van der Waals surface area contributed by atoms with E-state index in [4.69, 9.17) is 9.47 Å². The number of phenolic OH excluding ortho intramolecular Hbond substituents is 1. The predicted molar refractivity (Wildman–Crippen MR) is 215 cm³/mol. The van der Waals surface area contributed by atoms with Crippen LogP contribution in [0.2, 0.25) is 0 Å². The number of allylic oxidation sites excluding steroid dienone is 1. The molecule has 4 heterocycles. The van der Waals surface area contributed by atoms with Crippen molar-refractivity contribution in [2.75, 3.05) is 6.54 Å². The second-order valence-corrected chi connectivity index (χ2v) is 19.9. The van der Waals surface area contributed by atoms with Gasteiger partial charge in [-0.3, -0.25) is 23.9 Å². The van der Waals surface area contributed by atoms with Gasteiger partial charge >= 0.3 is 0 Å². The molecular formula is C41H51N5O9S2. The van der Waals surface area contributed by atoms with Crippen molar-refractivity contribution < 1.29 is 42.2 Å². The molecule has 57 heavy (non-hydrogen) atoms. The van der Waals surface area contributed by atoms with Crippen molar-refractivity contribution in [1.29, 1.82) is 0 Å². The Morgan fingerprint density at radius 3 is 2.58 bits per heavy atom. The Hall–Kier alpha value is -4.70. The molecule has 2 saturated carbocycles. The van der Waals surface area contributed by atoms with Crippen LogP contribution < -0.4 is 24.8 Å². The Balaban J connectivity index is 1.23. The van der Waals surface area contributed by atoms with Crippen LogP contribution in [-0.4, -0.2) is 88.2 Å². The number of ether oxygens (including phenoxy) is 2. The quantitative estimate of drug-likeness (QED) is 0.215. The molecule has 5 atom stereocenters. The van der Waals surface area contributed by atoms with E-state index in [9.17, 15) is 32.7 Å². The van der Waals surface area contributed by atoms with Gasteiger partial charge in [-0.2, -0.15) is 0 Å². The number of aromatic hydroxyl groups is 1. The highest BCUT2D eigenvalue weighted by atomic mass is 32.2. The van der Waals surface area contributed by atoms with E-state index in [1.807, 2.05) is 39.0 Å². The average Bonchev–Trinajstić information content (AvgIpc) is 3.95. The zero-order valence-corrected chi connectivity index (χ0v) is 34.6. The number of fused-ring (bicyclic) bond motifs is 3. The molecule has 1 saturated heterocycles. The summed E-state index contributed by atoms with van der Waals surface area (Å²) in [5, 5.41) is 16.9. The monoisotopic (exact) mass is 821 g/mol. The van der Waals surface area contributed by atoms with Crippen molar-refractivity contribution in [1.82, 2.24) is 25.2 Å². The molecular weight excluding hydrogens is 771 g/mol. The van der Waals surface area contributed by atoms with Crippen LogP contribution in [0, 0.1) is 19.8 Å². The average molecular weight is 822 g/mol. The van der Waals surface area contributed by atoms with E-state index in [-0.39, 0.29) is 43.0 Å². The van der Waals surface area contributed by atoms with Crippen LogP contribution in [-0.2, 0) is 24.4 Å². The smallest absolute Gasteiger partial charge is 0.262 e. The first-order chi connectivity index (χ1) is 27.0. The Labute approximate surface area is 336 Å². The topological polar surface area (TPSA) is 193 Å². The lowest BCUT2D eigenvalue weighted by atomic mass is 10.0. The number of aromatic nitrogens is 1. The minimum atomic E-state index is -4.00. The van der Waals surface area contributed by atoms with Crippen LogP contribution in [0.4, 0.5) is 0 Å². The standard InChI is InChI=1S/C41H51N5O9S2/c1-23(2)54-34-20-32(28-14-15-31(47)25(4)35(28)43-34)55-27-19-30-36(48)44-41(39(51)45-57(52,53)40(5)17-18-40)21-26(41)11-9-7-6-8-10-12-29(38(50)46(30)22-27)42-37(49)33-16-13-24(3)56-33/h9,11,13-16,20,23,26-27,29-30,47H,6-8,10,12,17-19,21-22H2,1-5H3,(H,42,49)(H,44,48)(H,45,51). The minimum absolute atomic E-state index is 0.0260. The molecule has 4 N–H and O–H groups in total. The molecule has 4 aliphatic rings. The van der Waals surface area contributed by atoms with Crippen LogP contribution in [0.5, 0.6) is 17.4 Å². The highest BCUT2D eigenvalue weighted by molar-refractivity contribution is 7.91. The van der Waals surface area contributed by atoms with Crippen molar-refractivity contribution in [2.24, 2.45) is 5.92 Å². The molecule has 3 fully saturated rings. The maximum absolute atomic E-state index is 14.7. The van der Waals surface area contributed by atoms with Gasteiger partial charge in [0.1, 0.15) is 35.2 Å². The maximum Gasteiger partial charge on any atom is 0.262 e. The summed E-state index contributed by atoms with van der Waals surface area (Å²) in [6.45, 7) is 8.90. The zero-order valence-electron chi connectivity index (χ0n) is 32.9. The lowest BCUT2D eigenvalue weighted by Gasteiger charge is -2.30. The number of sulfonamides is 1. The first-order valence-corrected chi connectivity index (χ1v) is 22.0. The largest absolute Gasteiger partial charge is 0.508 e. The Kier molecular flexibility index (Phi) is 11.1. The normalized spacial score (nSPS) is 26.1. The molecule has 16 heteroatoms. The molecule has 7 rings (SSSR count). The minimum Gasteiger partial charge on any atom is -0.508 e. The molecule has 0 spiro atoms. The van der Waals surface area contributed by atoms with Crippen LogP contribution >= 0.6 is 11.3 Å². The van der Waals surface area contributed by atoms with E-state index >= 15 is 0 Å². The fraction of sp³-hybridized carbons (Fsp3) is 0.537. The Morgan fingerprint density at radius 2 is 1.88 bits per heavy atom. The van der Waals surface area contributed by atoms with Gasteiger partial charge in [-0.25, -0.2) is 13.4 Å². The van der Waals surface area contributed by atoms with Crippen LogP contribution in [0.15, 0.2) is 42.5 Å². The van der Waals surface area contributed by atoms with Gasteiger partial charge in [0.05, 0.1) is 27.8 Å². The SMILES string of the molecule is Cc1ccc(C(=O)NC2CCCCCC=CC3CC3(C(=O)NS(=O)(=O)C3(C)CC3)NC(=O)C3CC(Oc4cc(OC(C)C)nc5c(C)c(O)ccc45)CN3C2=O)s1. The summed E-state index contributed by atoms with van der Waals surface area (Å²) in [4.78, 5) is 64.1. The molecule has 2 aliphatic carbocycles. The summed E-state index contributed by atoms with van der Waals surface area (Å²) in [6.07, 6.45) is 7.19. The second-order valence-electron chi connectivity index (χ2n) is 16.4. The third kappa shape index (κ3) is 8.34. The molecule has 1 aromatic carbocycles. The van der Waals surface area contributed by atoms with Gasteiger partial charge in [0, 0.05) is 34.2 Å². The molecule has 14 nitrogen and oxygen atoms in total. The number of hydrogen-bond donors (Lipinski definition) is 4. The van der Waals surface area contributed by atoms with E-state index < -0.39 is 62.1 Å². The van der Waals surface area contributed by atoms with Gasteiger partial charge in [0.25, 0.3) is 11.8 Å². The van der Waals surface area contributed by atoms with Gasteiger partial charge in [-0.15, -0.1) is 11.3 Å². The highest BCUT2D eigenvalue weighted by Gasteiger charge is 2.63. The number of carbonyl (C=O) groups excluding carboxylic acids is 4. The van der Waals surface area contributed by atoms with Gasteiger partial charge in [-0.05, 0) is 97.4 Å². The Morgan fingerprint density at radius 1 is 1.11 bits per heavy atom. The fourth-order valence-corrected chi connectivity index (χ4v) is 9.76. The molecule has 306 valence electrons. The number of pyridine rings is 1. The predicted octanol–water partition coefficient (Wildman–Crippen LogP) is 4.95. The number of rotatable bonds is 9. The number of benzene rings is 1. The first kappa shape index (κ1) is 40.5. The second kappa shape index (κ2) is 15.6. The molecule has 2 aromatic heterocycles. The van der Waals surface area contributed by atoms with Crippen molar-refractivity contribution in [3.8, 4) is 17.4 Å². The van der Waals surface area contributed by atoms with E-state index in [1.54, 1.807) is 38.1 Å². The Bertz CT molecular complexity index is 2230. The van der Waals surface area contributed by atoms with Crippen molar-refractivity contribution in [2.45, 2.75) is 127 Å². The van der Waals surface area contributed by atoms with E-state index in [0.717, 1.165) is 17.7 Å². The summed E-state index contributed by atoms with van der Waals surface area (Å²) in [7, 11) is -4.00. The van der Waals surface area contributed by atoms with Crippen LogP contribution in [0.25, 0.3) is 10.9 Å². The number of nitrogens with one attached hydrogen (secondary N) is 3. The van der Waals surface area contributed by atoms with Crippen LogP contribution in [0.1, 0.15) is 98.7 Å². The van der Waals surface area contributed by atoms with Gasteiger partial charge < -0.3 is 30.1 Å². The summed E-state index contributed by atoms with van der Waals surface area (Å²) in [5.41, 5.74) is -0.546. The van der Waals surface area contributed by atoms with E-state index in [2.05, 4.69) is 20.3 Å². The van der Waals surface area contributed by atoms with Gasteiger partial charge in [0.15, 0.2) is 0 Å². The number of thiophene rings is 1. The number of hydrogen-bond acceptors (Lipinski definition) is 11. The van der Waals surface area contributed by atoms with Crippen LogP contribution in [0.3, 0.4) is 0 Å².